The van der Waals surface area contributed by atoms with E-state index in [2.05, 4.69) is 5.32 Å². The third-order valence-corrected chi connectivity index (χ3v) is 6.91. The summed E-state index contributed by atoms with van der Waals surface area (Å²) in [5.41, 5.74) is 8.30. The van der Waals surface area contributed by atoms with Gasteiger partial charge in [0, 0.05) is 43.8 Å². The number of aryl methyl sites for hydroxylation is 1. The molecule has 1 saturated heterocycles. The molecule has 2 atom stereocenters. The van der Waals surface area contributed by atoms with Crippen molar-refractivity contribution in [2.24, 2.45) is 23.5 Å². The molecule has 160 valence electrons. The van der Waals surface area contributed by atoms with Crippen molar-refractivity contribution in [2.45, 2.75) is 45.1 Å². The molecule has 3 aliphatic rings. The van der Waals surface area contributed by atoms with Crippen LogP contribution in [0.15, 0.2) is 24.3 Å². The Kier molecular flexibility index (Phi) is 7.06. The second-order valence-corrected chi connectivity index (χ2v) is 8.81. The van der Waals surface area contributed by atoms with Crippen molar-refractivity contribution in [3.63, 3.8) is 0 Å². The van der Waals surface area contributed by atoms with Crippen LogP contribution in [-0.2, 0) is 4.79 Å². The summed E-state index contributed by atoms with van der Waals surface area (Å²) < 4.78 is 0. The van der Waals surface area contributed by atoms with Gasteiger partial charge in [0.1, 0.15) is 0 Å². The zero-order valence-corrected chi connectivity index (χ0v) is 18.0. The zero-order chi connectivity index (χ0) is 19.7. The molecule has 0 radical (unpaired) electrons. The van der Waals surface area contributed by atoms with Gasteiger partial charge in [-0.3, -0.25) is 4.79 Å². The number of amides is 3. The van der Waals surface area contributed by atoms with Crippen LogP contribution < -0.4 is 11.1 Å². The highest BCUT2D eigenvalue weighted by molar-refractivity contribution is 5.89. The topological polar surface area (TPSA) is 78.7 Å². The first-order valence-electron chi connectivity index (χ1n) is 10.7. The lowest BCUT2D eigenvalue weighted by Gasteiger charge is -2.45. The molecule has 2 aliphatic carbocycles. The zero-order valence-electron chi connectivity index (χ0n) is 17.2. The molecule has 1 aliphatic heterocycles. The van der Waals surface area contributed by atoms with Crippen molar-refractivity contribution in [1.29, 1.82) is 0 Å². The number of hydrogen-bond donors (Lipinski definition) is 2. The predicted octanol–water partition coefficient (Wildman–Crippen LogP) is 3.25. The largest absolute Gasteiger partial charge is 0.339 e. The Balaban J connectivity index is 0.00000240. The van der Waals surface area contributed by atoms with Gasteiger partial charge < -0.3 is 20.9 Å². The van der Waals surface area contributed by atoms with Crippen LogP contribution in [0, 0.1) is 24.7 Å². The maximum Gasteiger partial charge on any atom is 0.321 e. The van der Waals surface area contributed by atoms with E-state index >= 15 is 0 Å². The lowest BCUT2D eigenvalue weighted by atomic mass is 9.65. The number of nitrogens with one attached hydrogen (secondary N) is 1. The number of anilines is 1. The van der Waals surface area contributed by atoms with Crippen molar-refractivity contribution in [1.82, 2.24) is 9.80 Å². The van der Waals surface area contributed by atoms with E-state index < -0.39 is 0 Å². The van der Waals surface area contributed by atoms with E-state index in [0.29, 0.717) is 44.1 Å². The first-order valence-corrected chi connectivity index (χ1v) is 10.7. The number of piperazine rings is 1. The number of nitrogens with zero attached hydrogens (tertiary/aromatic N) is 2. The Morgan fingerprint density at radius 2 is 1.66 bits per heavy atom. The minimum absolute atomic E-state index is 0. The number of carbonyl (C=O) groups is 2. The van der Waals surface area contributed by atoms with Crippen LogP contribution in [0.3, 0.4) is 0 Å². The lowest BCUT2D eigenvalue weighted by molar-refractivity contribution is -0.140. The summed E-state index contributed by atoms with van der Waals surface area (Å²) in [7, 11) is 0. The monoisotopic (exact) mass is 420 g/mol. The second kappa shape index (κ2) is 9.35. The molecule has 0 aromatic heterocycles. The van der Waals surface area contributed by atoms with Crippen LogP contribution in [-0.4, -0.2) is 54.0 Å². The summed E-state index contributed by atoms with van der Waals surface area (Å²) in [4.78, 5) is 29.4. The fraction of sp³-hybridized carbons (Fsp3) is 0.636. The molecule has 1 aromatic carbocycles. The SMILES string of the molecule is Cc1cccc(NC(=O)N2CCN(C(=O)C3CC4CCCC(C3)C4N)CC2)c1.Cl. The fourth-order valence-electron chi connectivity index (χ4n) is 5.30. The molecule has 29 heavy (non-hydrogen) atoms. The van der Waals surface area contributed by atoms with Crippen molar-refractivity contribution < 1.29 is 9.59 Å². The molecule has 3 N–H and O–H groups in total. The number of nitrogens with two attached hydrogens (primary N) is 1. The molecule has 1 aromatic rings. The Morgan fingerprint density at radius 3 is 2.28 bits per heavy atom. The highest BCUT2D eigenvalue weighted by atomic mass is 35.5. The van der Waals surface area contributed by atoms with E-state index in [1.807, 2.05) is 36.1 Å². The lowest BCUT2D eigenvalue weighted by Crippen LogP contribution is -2.55. The van der Waals surface area contributed by atoms with Gasteiger partial charge in [0.15, 0.2) is 0 Å². The fourth-order valence-corrected chi connectivity index (χ4v) is 5.30. The number of carbonyl (C=O) groups excluding carboxylic acids is 2. The minimum atomic E-state index is -0.0872. The normalized spacial score (nSPS) is 29.0. The van der Waals surface area contributed by atoms with Crippen molar-refractivity contribution >= 4 is 30.0 Å². The standard InChI is InChI=1S/C22H32N4O2.ClH/c1-15-4-2-7-19(12-15)24-22(28)26-10-8-25(9-11-26)21(27)18-13-16-5-3-6-17(14-18)20(16)23;/h2,4,7,12,16-18,20H,3,5-6,8-11,13-14,23H2,1H3,(H,24,28);1H. The third-order valence-electron chi connectivity index (χ3n) is 6.91. The predicted molar refractivity (Wildman–Crippen MR) is 117 cm³/mol. The van der Waals surface area contributed by atoms with Gasteiger partial charge in [-0.1, -0.05) is 18.6 Å². The summed E-state index contributed by atoms with van der Waals surface area (Å²) in [6.07, 6.45) is 5.51. The number of benzene rings is 1. The van der Waals surface area contributed by atoms with Crippen LogP contribution >= 0.6 is 12.4 Å². The third kappa shape index (κ3) is 4.86. The highest BCUT2D eigenvalue weighted by Gasteiger charge is 2.42. The van der Waals surface area contributed by atoms with Gasteiger partial charge in [-0.25, -0.2) is 4.79 Å². The smallest absolute Gasteiger partial charge is 0.321 e. The summed E-state index contributed by atoms with van der Waals surface area (Å²) in [6.45, 7) is 4.42. The van der Waals surface area contributed by atoms with Gasteiger partial charge in [0.25, 0.3) is 0 Å². The van der Waals surface area contributed by atoms with Crippen LogP contribution in [0.5, 0.6) is 0 Å². The Morgan fingerprint density at radius 1 is 1.03 bits per heavy atom. The van der Waals surface area contributed by atoms with Gasteiger partial charge in [-0.05, 0) is 62.1 Å². The first kappa shape index (κ1) is 21.9. The van der Waals surface area contributed by atoms with Gasteiger partial charge in [-0.15, -0.1) is 12.4 Å². The Bertz CT molecular complexity index is 721. The number of halogens is 1. The molecule has 1 heterocycles. The van der Waals surface area contributed by atoms with Gasteiger partial charge in [0.2, 0.25) is 5.91 Å². The summed E-state index contributed by atoms with van der Waals surface area (Å²) >= 11 is 0. The minimum Gasteiger partial charge on any atom is -0.339 e. The van der Waals surface area contributed by atoms with E-state index in [-0.39, 0.29) is 30.3 Å². The molecule has 3 fully saturated rings. The molecular weight excluding hydrogens is 388 g/mol. The average Bonchev–Trinajstić information content (AvgIpc) is 2.67. The molecule has 2 unspecified atom stereocenters. The van der Waals surface area contributed by atoms with E-state index in [4.69, 9.17) is 5.73 Å². The van der Waals surface area contributed by atoms with Crippen molar-refractivity contribution in [3.8, 4) is 0 Å². The van der Waals surface area contributed by atoms with Crippen LogP contribution in [0.25, 0.3) is 0 Å². The molecular formula is C22H33ClN4O2. The van der Waals surface area contributed by atoms with Crippen molar-refractivity contribution in [2.75, 3.05) is 31.5 Å². The molecule has 4 rings (SSSR count). The van der Waals surface area contributed by atoms with E-state index in [0.717, 1.165) is 24.1 Å². The molecule has 2 bridgehead atoms. The maximum absolute atomic E-state index is 13.1. The van der Waals surface area contributed by atoms with Gasteiger partial charge in [-0.2, -0.15) is 0 Å². The summed E-state index contributed by atoms with van der Waals surface area (Å²) in [5, 5.41) is 2.96. The number of fused-ring (bicyclic) bond motifs is 2. The van der Waals surface area contributed by atoms with Crippen LogP contribution in [0.1, 0.15) is 37.7 Å². The molecule has 6 nitrogen and oxygen atoms in total. The number of urea groups is 1. The maximum atomic E-state index is 13.1. The molecule has 0 spiro atoms. The number of rotatable bonds is 2. The van der Waals surface area contributed by atoms with Gasteiger partial charge >= 0.3 is 6.03 Å². The molecule has 7 heteroatoms. The molecule has 2 saturated carbocycles. The quantitative estimate of drug-likeness (QED) is 0.770. The van der Waals surface area contributed by atoms with Crippen molar-refractivity contribution in [3.05, 3.63) is 29.8 Å². The molecule has 3 amide bonds. The van der Waals surface area contributed by atoms with E-state index in [9.17, 15) is 9.59 Å². The highest BCUT2D eigenvalue weighted by Crippen LogP contribution is 2.42. The van der Waals surface area contributed by atoms with E-state index in [1.165, 1.54) is 19.3 Å². The average molecular weight is 421 g/mol. The number of hydrogen-bond acceptors (Lipinski definition) is 3. The summed E-state index contributed by atoms with van der Waals surface area (Å²) in [6, 6.07) is 8.01. The Hall–Kier alpha value is -1.79. The van der Waals surface area contributed by atoms with Gasteiger partial charge in [0.05, 0.1) is 0 Å². The van der Waals surface area contributed by atoms with Crippen LogP contribution in [0.4, 0.5) is 10.5 Å². The Labute approximate surface area is 179 Å². The van der Waals surface area contributed by atoms with E-state index in [1.54, 1.807) is 4.90 Å². The van der Waals surface area contributed by atoms with Crippen LogP contribution in [0.2, 0.25) is 0 Å². The summed E-state index contributed by atoms with van der Waals surface area (Å²) in [5.74, 6) is 1.44. The second-order valence-electron chi connectivity index (χ2n) is 8.81. The first-order chi connectivity index (χ1) is 13.5.